The molecule has 25 heavy (non-hydrogen) atoms. The Morgan fingerprint density at radius 2 is 1.84 bits per heavy atom. The highest BCUT2D eigenvalue weighted by molar-refractivity contribution is 6.30. The number of aryl methyl sites for hydroxylation is 1. The van der Waals surface area contributed by atoms with Gasteiger partial charge in [0.25, 0.3) is 0 Å². The molecule has 1 saturated heterocycles. The zero-order valence-electron chi connectivity index (χ0n) is 14.4. The van der Waals surface area contributed by atoms with E-state index in [1.165, 1.54) is 35.4 Å². The van der Waals surface area contributed by atoms with E-state index in [-0.39, 0.29) is 18.1 Å². The molecule has 4 nitrogen and oxygen atoms in total. The molecule has 0 radical (unpaired) electrons. The second kappa shape index (κ2) is 5.61. The molecule has 2 atom stereocenters. The summed E-state index contributed by atoms with van der Waals surface area (Å²) in [4.78, 5) is 12.6. The number of halogens is 1. The number of aromatic nitrogens is 1. The maximum Gasteiger partial charge on any atom is 0.240 e. The fourth-order valence-electron chi connectivity index (χ4n) is 4.90. The van der Waals surface area contributed by atoms with Crippen LogP contribution in [0.5, 0.6) is 0 Å². The highest BCUT2D eigenvalue weighted by Gasteiger charge is 2.45. The molecule has 5 heteroatoms. The van der Waals surface area contributed by atoms with Crippen LogP contribution in [0.3, 0.4) is 0 Å². The molecule has 1 aromatic heterocycles. The molecule has 0 N–H and O–H groups in total. The summed E-state index contributed by atoms with van der Waals surface area (Å²) in [6.07, 6.45) is 5.45. The number of hydrazine groups is 1. The lowest BCUT2D eigenvalue weighted by atomic mass is 9.97. The van der Waals surface area contributed by atoms with Crippen molar-refractivity contribution in [1.82, 2.24) is 14.6 Å². The number of rotatable bonds is 1. The topological polar surface area (TPSA) is 28.5 Å². The van der Waals surface area contributed by atoms with Crippen molar-refractivity contribution >= 4 is 17.5 Å². The molecule has 0 spiro atoms. The Morgan fingerprint density at radius 3 is 2.64 bits per heavy atom. The normalized spacial score (nSPS) is 25.7. The van der Waals surface area contributed by atoms with Gasteiger partial charge in [-0.05, 0) is 61.9 Å². The lowest BCUT2D eigenvalue weighted by Crippen LogP contribution is -2.50. The first-order valence-corrected chi connectivity index (χ1v) is 9.60. The van der Waals surface area contributed by atoms with E-state index in [9.17, 15) is 4.79 Å². The predicted octanol–water partition coefficient (Wildman–Crippen LogP) is 4.09. The van der Waals surface area contributed by atoms with E-state index < -0.39 is 0 Å². The summed E-state index contributed by atoms with van der Waals surface area (Å²) in [6, 6.07) is 10.6. The number of amides is 1. The molecule has 0 saturated carbocycles. The zero-order chi connectivity index (χ0) is 17.1. The minimum atomic E-state index is 0.0652. The van der Waals surface area contributed by atoms with Crippen LogP contribution in [0.25, 0.3) is 0 Å². The van der Waals surface area contributed by atoms with E-state index in [4.69, 9.17) is 11.6 Å². The Balaban J connectivity index is 1.72. The smallest absolute Gasteiger partial charge is 0.240 e. The van der Waals surface area contributed by atoms with Crippen LogP contribution in [0.1, 0.15) is 60.9 Å². The molecule has 3 aliphatic rings. The van der Waals surface area contributed by atoms with E-state index in [0.717, 1.165) is 24.4 Å². The maximum absolute atomic E-state index is 12.6. The molecule has 2 aliphatic heterocycles. The van der Waals surface area contributed by atoms with Crippen molar-refractivity contribution in [2.24, 2.45) is 0 Å². The molecule has 2 aromatic rings. The number of nitrogens with zero attached hydrogens (tertiary/aromatic N) is 3. The number of fused-ring (bicyclic) bond motifs is 4. The van der Waals surface area contributed by atoms with Crippen LogP contribution in [0.4, 0.5) is 0 Å². The molecular formula is C20H22ClN3O. The van der Waals surface area contributed by atoms with Gasteiger partial charge in [0.1, 0.15) is 6.17 Å². The first kappa shape index (κ1) is 15.5. The first-order chi connectivity index (χ1) is 12.1. The standard InChI is InChI=1S/C20H22ClN3O/c1-13-23-17-5-3-2-4-15(17)12-18(23)20(14-6-8-16(21)9-7-14)22-11-10-19(25)24(13)22/h6-9,12-13,20H,2-5,10-11H2,1H3/t13-,20+/m0/s1. The van der Waals surface area contributed by atoms with Crippen molar-refractivity contribution in [2.45, 2.75) is 51.2 Å². The van der Waals surface area contributed by atoms with Crippen LogP contribution >= 0.6 is 11.6 Å². The summed E-state index contributed by atoms with van der Waals surface area (Å²) < 4.78 is 2.44. The fraction of sp³-hybridized carbons (Fsp3) is 0.450. The minimum absolute atomic E-state index is 0.0652. The van der Waals surface area contributed by atoms with Gasteiger partial charge in [-0.3, -0.25) is 9.80 Å². The van der Waals surface area contributed by atoms with Crippen molar-refractivity contribution < 1.29 is 4.79 Å². The largest absolute Gasteiger partial charge is 0.324 e. The lowest BCUT2D eigenvalue weighted by Gasteiger charge is -2.45. The molecule has 0 unspecified atom stereocenters. The predicted molar refractivity (Wildman–Crippen MR) is 97.2 cm³/mol. The summed E-state index contributed by atoms with van der Waals surface area (Å²) in [5.41, 5.74) is 5.44. The van der Waals surface area contributed by atoms with Gasteiger partial charge in [0, 0.05) is 29.4 Å². The number of carbonyl (C=O) groups excluding carboxylic acids is 1. The van der Waals surface area contributed by atoms with Gasteiger partial charge in [0.05, 0.1) is 6.04 Å². The highest BCUT2D eigenvalue weighted by Crippen LogP contribution is 2.44. The van der Waals surface area contributed by atoms with Crippen LogP contribution in [-0.4, -0.2) is 27.0 Å². The van der Waals surface area contributed by atoms with Crippen molar-refractivity contribution in [3.05, 3.63) is 57.9 Å². The van der Waals surface area contributed by atoms with Crippen LogP contribution in [0.15, 0.2) is 30.3 Å². The summed E-state index contributed by atoms with van der Waals surface area (Å²) in [7, 11) is 0. The Morgan fingerprint density at radius 1 is 1.08 bits per heavy atom. The van der Waals surface area contributed by atoms with E-state index >= 15 is 0 Å². The van der Waals surface area contributed by atoms with Gasteiger partial charge in [-0.25, -0.2) is 5.01 Å². The zero-order valence-corrected chi connectivity index (χ0v) is 15.2. The Bertz CT molecular complexity index is 841. The molecule has 1 amide bonds. The summed E-state index contributed by atoms with van der Waals surface area (Å²) >= 11 is 6.11. The van der Waals surface area contributed by atoms with Gasteiger partial charge >= 0.3 is 0 Å². The number of hydrogen-bond donors (Lipinski definition) is 0. The minimum Gasteiger partial charge on any atom is -0.324 e. The van der Waals surface area contributed by atoms with E-state index in [2.05, 4.69) is 34.7 Å². The summed E-state index contributed by atoms with van der Waals surface area (Å²) in [5, 5.41) is 5.00. The molecule has 3 heterocycles. The molecule has 1 fully saturated rings. The van der Waals surface area contributed by atoms with Crippen molar-refractivity contribution in [3.8, 4) is 0 Å². The first-order valence-electron chi connectivity index (χ1n) is 9.22. The van der Waals surface area contributed by atoms with E-state index in [1.54, 1.807) is 0 Å². The van der Waals surface area contributed by atoms with Crippen LogP contribution in [0, 0.1) is 0 Å². The average molecular weight is 356 g/mol. The maximum atomic E-state index is 12.6. The van der Waals surface area contributed by atoms with E-state index in [1.807, 2.05) is 17.1 Å². The van der Waals surface area contributed by atoms with Gasteiger partial charge < -0.3 is 4.57 Å². The average Bonchev–Trinajstić information content (AvgIpc) is 3.18. The summed E-state index contributed by atoms with van der Waals surface area (Å²) in [5.74, 6) is 0.232. The third-order valence-corrected chi connectivity index (χ3v) is 6.20. The van der Waals surface area contributed by atoms with Gasteiger partial charge in [-0.1, -0.05) is 23.7 Å². The summed E-state index contributed by atoms with van der Waals surface area (Å²) in [6.45, 7) is 2.94. The monoisotopic (exact) mass is 355 g/mol. The number of benzene rings is 1. The third-order valence-electron chi connectivity index (χ3n) is 5.95. The fourth-order valence-corrected chi connectivity index (χ4v) is 5.03. The van der Waals surface area contributed by atoms with Crippen LogP contribution < -0.4 is 0 Å². The van der Waals surface area contributed by atoms with Gasteiger partial charge in [0.15, 0.2) is 0 Å². The number of carbonyl (C=O) groups is 1. The molecule has 130 valence electrons. The van der Waals surface area contributed by atoms with Crippen LogP contribution in [0.2, 0.25) is 5.02 Å². The molecule has 0 bridgehead atoms. The van der Waals surface area contributed by atoms with Crippen molar-refractivity contribution in [3.63, 3.8) is 0 Å². The van der Waals surface area contributed by atoms with Gasteiger partial charge in [-0.2, -0.15) is 0 Å². The Kier molecular flexibility index (Phi) is 3.47. The Hall–Kier alpha value is -1.78. The lowest BCUT2D eigenvalue weighted by molar-refractivity contribution is -0.154. The highest BCUT2D eigenvalue weighted by atomic mass is 35.5. The van der Waals surface area contributed by atoms with Gasteiger partial charge in [-0.15, -0.1) is 0 Å². The molecular weight excluding hydrogens is 334 g/mol. The quantitative estimate of drug-likeness (QED) is 0.770. The molecule has 5 rings (SSSR count). The second-order valence-corrected chi connectivity index (χ2v) is 7.79. The van der Waals surface area contributed by atoms with Crippen LogP contribution in [-0.2, 0) is 17.6 Å². The second-order valence-electron chi connectivity index (χ2n) is 7.36. The molecule has 1 aromatic carbocycles. The van der Waals surface area contributed by atoms with Crippen molar-refractivity contribution in [2.75, 3.05) is 6.54 Å². The molecule has 1 aliphatic carbocycles. The third kappa shape index (κ3) is 2.20. The number of hydrogen-bond acceptors (Lipinski definition) is 2. The SMILES string of the molecule is C[C@@H]1N2C(=O)CCN2[C@H](c2ccc(Cl)cc2)c2cc3c(n21)CCCC3. The Labute approximate surface area is 152 Å². The van der Waals surface area contributed by atoms with Crippen molar-refractivity contribution in [1.29, 1.82) is 0 Å². The van der Waals surface area contributed by atoms with E-state index in [0.29, 0.717) is 6.42 Å². The van der Waals surface area contributed by atoms with Gasteiger partial charge in [0.2, 0.25) is 5.91 Å².